The zero-order chi connectivity index (χ0) is 26.0. The van der Waals surface area contributed by atoms with Crippen LogP contribution in [0.5, 0.6) is 0 Å². The van der Waals surface area contributed by atoms with Crippen LogP contribution in [0, 0.1) is 0 Å². The lowest BCUT2D eigenvalue weighted by Crippen LogP contribution is -2.44. The van der Waals surface area contributed by atoms with E-state index in [4.69, 9.17) is 16.3 Å². The molecule has 0 aliphatic carbocycles. The number of hydrogen-bond donors (Lipinski definition) is 2. The van der Waals surface area contributed by atoms with Crippen LogP contribution in [0.4, 0.5) is 5.69 Å². The summed E-state index contributed by atoms with van der Waals surface area (Å²) in [4.78, 5) is 13.6. The van der Waals surface area contributed by atoms with Crippen molar-refractivity contribution in [3.8, 4) is 0 Å². The van der Waals surface area contributed by atoms with E-state index in [2.05, 4.69) is 37.4 Å². The second-order valence-electron chi connectivity index (χ2n) is 9.37. The van der Waals surface area contributed by atoms with Crippen LogP contribution in [-0.4, -0.2) is 53.4 Å². The molecule has 3 aromatic rings. The number of anilines is 1. The van der Waals surface area contributed by atoms with Gasteiger partial charge in [-0.05, 0) is 36.6 Å². The van der Waals surface area contributed by atoms with Crippen molar-refractivity contribution in [1.29, 1.82) is 0 Å². The summed E-state index contributed by atoms with van der Waals surface area (Å²) in [5.41, 5.74) is 3.40. The number of likely N-dealkylation sites (tertiary alicyclic amines) is 1. The monoisotopic (exact) mass is 544 g/mol. The van der Waals surface area contributed by atoms with Gasteiger partial charge in [0.15, 0.2) is 0 Å². The number of piperidine rings is 1. The van der Waals surface area contributed by atoms with Gasteiger partial charge in [0.05, 0.1) is 34.5 Å². The number of carbonyl (C=O) groups excluding carboxylic acids is 1. The van der Waals surface area contributed by atoms with Crippen LogP contribution in [0.15, 0.2) is 53.4 Å². The van der Waals surface area contributed by atoms with Gasteiger partial charge in [-0.25, -0.2) is 17.8 Å². The van der Waals surface area contributed by atoms with Crippen LogP contribution in [0.2, 0.25) is 5.02 Å². The molecule has 1 saturated heterocycles. The molecule has 5 rings (SSSR count). The molecular formula is C25H29ClN6O4S. The third kappa shape index (κ3) is 6.02. The van der Waals surface area contributed by atoms with Gasteiger partial charge < -0.3 is 10.1 Å². The summed E-state index contributed by atoms with van der Waals surface area (Å²) in [6.07, 6.45) is 1.31. The Bertz CT molecular complexity index is 1370. The molecule has 1 atom stereocenters. The Hall–Kier alpha value is -2.83. The first kappa shape index (κ1) is 25.8. The van der Waals surface area contributed by atoms with E-state index in [0.29, 0.717) is 38.2 Å². The molecule has 12 heteroatoms. The first-order valence-corrected chi connectivity index (χ1v) is 14.0. The van der Waals surface area contributed by atoms with Crippen molar-refractivity contribution in [2.45, 2.75) is 56.5 Å². The van der Waals surface area contributed by atoms with Gasteiger partial charge in [-0.15, -0.1) is 5.10 Å². The summed E-state index contributed by atoms with van der Waals surface area (Å²) in [5.74, 6) is -0.280. The largest absolute Gasteiger partial charge is 0.365 e. The Balaban J connectivity index is 1.15. The van der Waals surface area contributed by atoms with E-state index in [1.165, 1.54) is 25.1 Å². The highest BCUT2D eigenvalue weighted by Crippen LogP contribution is 2.28. The Labute approximate surface area is 221 Å². The first-order chi connectivity index (χ1) is 17.8. The maximum absolute atomic E-state index is 12.9. The topological polar surface area (TPSA) is 118 Å². The lowest BCUT2D eigenvalue weighted by atomic mass is 10.1. The Kier molecular flexibility index (Phi) is 7.59. The zero-order valence-corrected chi connectivity index (χ0v) is 22.0. The maximum atomic E-state index is 12.9. The molecule has 1 unspecified atom stereocenters. The highest BCUT2D eigenvalue weighted by Gasteiger charge is 2.28. The number of rotatable bonds is 7. The molecular weight excluding hydrogens is 516 g/mol. The lowest BCUT2D eigenvalue weighted by Gasteiger charge is -2.32. The molecule has 0 radical (unpaired) electrons. The Morgan fingerprint density at radius 2 is 1.92 bits per heavy atom. The van der Waals surface area contributed by atoms with Crippen molar-refractivity contribution in [2.24, 2.45) is 0 Å². The summed E-state index contributed by atoms with van der Waals surface area (Å²) in [7, 11) is -3.74. The molecule has 1 fully saturated rings. The van der Waals surface area contributed by atoms with Crippen molar-refractivity contribution in [2.75, 3.05) is 18.4 Å². The van der Waals surface area contributed by atoms with Crippen molar-refractivity contribution in [3.05, 3.63) is 70.5 Å². The summed E-state index contributed by atoms with van der Waals surface area (Å²) in [5, 5.41) is 11.5. The van der Waals surface area contributed by atoms with Crippen molar-refractivity contribution in [1.82, 2.24) is 24.6 Å². The standard InChI is InChI=1S/C25H29ClN6O4S/c1-17(33)27-22-8-7-20(13-21(22)26)37(34,35)29-19-9-11-31(12-10-19)14-23-24-16-36-25(15-32(24)30-28-23)18-5-3-2-4-6-18/h2-8,13,19,25,29H,9-12,14-16H2,1H3,(H,27,33). The number of benzene rings is 2. The van der Waals surface area contributed by atoms with Crippen LogP contribution in [0.25, 0.3) is 0 Å². The molecule has 2 aliphatic heterocycles. The Morgan fingerprint density at radius 3 is 2.62 bits per heavy atom. The highest BCUT2D eigenvalue weighted by atomic mass is 35.5. The molecule has 1 amide bonds. The minimum Gasteiger partial charge on any atom is -0.365 e. The third-order valence-corrected chi connectivity index (χ3v) is 8.52. The number of hydrogen-bond acceptors (Lipinski definition) is 7. The molecule has 2 aliphatic rings. The lowest BCUT2D eigenvalue weighted by molar-refractivity contribution is -0.114. The van der Waals surface area contributed by atoms with Gasteiger partial charge in [0.2, 0.25) is 15.9 Å². The molecule has 10 nitrogen and oxygen atoms in total. The molecule has 0 spiro atoms. The second kappa shape index (κ2) is 10.9. The number of ether oxygens (including phenoxy) is 1. The quantitative estimate of drug-likeness (QED) is 0.469. The van der Waals surface area contributed by atoms with E-state index >= 15 is 0 Å². The van der Waals surface area contributed by atoms with Crippen molar-refractivity contribution in [3.63, 3.8) is 0 Å². The number of sulfonamides is 1. The minimum atomic E-state index is -3.74. The summed E-state index contributed by atoms with van der Waals surface area (Å²) in [6.45, 7) is 4.56. The van der Waals surface area contributed by atoms with Crippen LogP contribution >= 0.6 is 11.6 Å². The predicted octanol–water partition coefficient (Wildman–Crippen LogP) is 3.10. The molecule has 2 N–H and O–H groups in total. The SMILES string of the molecule is CC(=O)Nc1ccc(S(=O)(=O)NC2CCN(Cc3nnn4c3COC(c3ccccc3)C4)CC2)cc1Cl. The molecule has 0 saturated carbocycles. The summed E-state index contributed by atoms with van der Waals surface area (Å²) >= 11 is 6.16. The summed E-state index contributed by atoms with van der Waals surface area (Å²) < 4.78 is 36.6. The number of nitrogens with zero attached hydrogens (tertiary/aromatic N) is 4. The number of fused-ring (bicyclic) bond motifs is 1. The molecule has 1 aromatic heterocycles. The van der Waals surface area contributed by atoms with E-state index in [0.717, 1.165) is 30.0 Å². The van der Waals surface area contributed by atoms with E-state index in [-0.39, 0.29) is 28.0 Å². The van der Waals surface area contributed by atoms with Crippen molar-refractivity contribution >= 4 is 33.2 Å². The van der Waals surface area contributed by atoms with E-state index < -0.39 is 10.0 Å². The number of carbonyl (C=O) groups is 1. The van der Waals surface area contributed by atoms with Gasteiger partial charge >= 0.3 is 0 Å². The second-order valence-corrected chi connectivity index (χ2v) is 11.5. The first-order valence-electron chi connectivity index (χ1n) is 12.2. The molecule has 196 valence electrons. The summed E-state index contributed by atoms with van der Waals surface area (Å²) in [6, 6.07) is 14.2. The molecule has 0 bridgehead atoms. The van der Waals surface area contributed by atoms with Gasteiger partial charge in [-0.1, -0.05) is 47.1 Å². The minimum absolute atomic E-state index is 0.0384. The number of nitrogens with one attached hydrogen (secondary N) is 2. The fourth-order valence-electron chi connectivity index (χ4n) is 4.72. The maximum Gasteiger partial charge on any atom is 0.240 e. The van der Waals surface area contributed by atoms with E-state index in [1.807, 2.05) is 22.9 Å². The smallest absolute Gasteiger partial charge is 0.240 e. The number of amides is 1. The molecule has 37 heavy (non-hydrogen) atoms. The molecule has 2 aromatic carbocycles. The normalized spacial score (nSPS) is 18.9. The van der Waals surface area contributed by atoms with Gasteiger partial charge in [-0.2, -0.15) is 0 Å². The van der Waals surface area contributed by atoms with Crippen molar-refractivity contribution < 1.29 is 17.9 Å². The van der Waals surface area contributed by atoms with Gasteiger partial charge in [0, 0.05) is 32.6 Å². The van der Waals surface area contributed by atoms with Crippen LogP contribution < -0.4 is 10.0 Å². The van der Waals surface area contributed by atoms with Crippen LogP contribution in [0.1, 0.15) is 42.8 Å². The van der Waals surface area contributed by atoms with E-state index in [1.54, 1.807) is 0 Å². The predicted molar refractivity (Wildman–Crippen MR) is 138 cm³/mol. The Morgan fingerprint density at radius 1 is 1.16 bits per heavy atom. The number of halogens is 1. The zero-order valence-electron chi connectivity index (χ0n) is 20.4. The van der Waals surface area contributed by atoms with Gasteiger partial charge in [0.25, 0.3) is 0 Å². The van der Waals surface area contributed by atoms with Gasteiger partial charge in [-0.3, -0.25) is 9.69 Å². The average molecular weight is 545 g/mol. The fraction of sp³-hybridized carbons (Fsp3) is 0.400. The van der Waals surface area contributed by atoms with Crippen LogP contribution in [0.3, 0.4) is 0 Å². The van der Waals surface area contributed by atoms with Crippen LogP contribution in [-0.2, 0) is 39.3 Å². The average Bonchev–Trinajstić information content (AvgIpc) is 3.28. The third-order valence-electron chi connectivity index (χ3n) is 6.69. The molecule has 3 heterocycles. The fourth-order valence-corrected chi connectivity index (χ4v) is 6.34. The number of aromatic nitrogens is 3. The highest BCUT2D eigenvalue weighted by molar-refractivity contribution is 7.89. The van der Waals surface area contributed by atoms with E-state index in [9.17, 15) is 13.2 Å². The van der Waals surface area contributed by atoms with Gasteiger partial charge in [0.1, 0.15) is 11.8 Å².